The van der Waals surface area contributed by atoms with Gasteiger partial charge in [0.05, 0.1) is 7.11 Å². The smallest absolute Gasteiger partial charge is 0.227 e. The third-order valence-corrected chi connectivity index (χ3v) is 4.06. The van der Waals surface area contributed by atoms with E-state index < -0.39 is 0 Å². The number of ether oxygens (including phenoxy) is 1. The summed E-state index contributed by atoms with van der Waals surface area (Å²) in [7, 11) is 1.66. The Morgan fingerprint density at radius 1 is 1.32 bits per heavy atom. The Labute approximate surface area is 114 Å². The molecule has 1 aromatic rings. The Balaban J connectivity index is 2.21. The molecule has 0 bridgehead atoms. The van der Waals surface area contributed by atoms with Crippen molar-refractivity contribution in [3.05, 3.63) is 22.8 Å². The van der Waals surface area contributed by atoms with E-state index >= 15 is 0 Å². The van der Waals surface area contributed by atoms with E-state index in [1.54, 1.807) is 7.11 Å². The number of carbonyl (C=O) groups excluding carboxylic acids is 1. The summed E-state index contributed by atoms with van der Waals surface area (Å²) < 4.78 is 5.33. The summed E-state index contributed by atoms with van der Waals surface area (Å²) in [5, 5.41) is 3.04. The van der Waals surface area contributed by atoms with E-state index in [-0.39, 0.29) is 17.9 Å². The van der Waals surface area contributed by atoms with E-state index in [1.807, 2.05) is 26.8 Å². The second kappa shape index (κ2) is 5.21. The predicted octanol–water partition coefficient (Wildman–Crippen LogP) is 2.30. The molecule has 0 heterocycles. The Bertz CT molecular complexity index is 505. The molecule has 0 atom stereocenters. The maximum atomic E-state index is 12.1. The third-order valence-electron chi connectivity index (χ3n) is 4.06. The molecule has 1 fully saturated rings. The molecule has 1 saturated carbocycles. The number of amides is 1. The van der Waals surface area contributed by atoms with E-state index in [4.69, 9.17) is 10.5 Å². The molecule has 3 N–H and O–H groups in total. The Morgan fingerprint density at radius 3 is 2.47 bits per heavy atom. The number of aryl methyl sites for hydroxylation is 1. The van der Waals surface area contributed by atoms with Crippen LogP contribution in [0.25, 0.3) is 0 Å². The van der Waals surface area contributed by atoms with Crippen LogP contribution in [0.15, 0.2) is 6.07 Å². The Morgan fingerprint density at radius 2 is 1.95 bits per heavy atom. The standard InChI is InChI=1S/C15H22N2O2/c1-8-5-13(19-4)9(2)10(3)14(8)17-15(18)11-6-12(16)7-11/h5,11-12H,6-7,16H2,1-4H3,(H,17,18). The van der Waals surface area contributed by atoms with Crippen LogP contribution in [-0.2, 0) is 4.79 Å². The summed E-state index contributed by atoms with van der Waals surface area (Å²) in [6.45, 7) is 5.99. The highest BCUT2D eigenvalue weighted by Crippen LogP contribution is 2.33. The molecule has 0 spiro atoms. The first-order valence-electron chi connectivity index (χ1n) is 6.65. The van der Waals surface area contributed by atoms with Gasteiger partial charge in [0.15, 0.2) is 0 Å². The molecule has 0 aliphatic heterocycles. The van der Waals surface area contributed by atoms with Crippen molar-refractivity contribution in [3.8, 4) is 5.75 Å². The molecule has 0 saturated heterocycles. The first-order chi connectivity index (χ1) is 8.93. The van der Waals surface area contributed by atoms with Gasteiger partial charge < -0.3 is 15.8 Å². The maximum Gasteiger partial charge on any atom is 0.227 e. The normalized spacial score (nSPS) is 21.7. The molecule has 1 amide bonds. The average molecular weight is 262 g/mol. The van der Waals surface area contributed by atoms with Crippen molar-refractivity contribution in [2.75, 3.05) is 12.4 Å². The molecule has 19 heavy (non-hydrogen) atoms. The van der Waals surface area contributed by atoms with Crippen LogP contribution in [0.3, 0.4) is 0 Å². The van der Waals surface area contributed by atoms with Crippen molar-refractivity contribution in [2.45, 2.75) is 39.7 Å². The zero-order valence-corrected chi connectivity index (χ0v) is 12.0. The van der Waals surface area contributed by atoms with E-state index in [2.05, 4.69) is 5.32 Å². The van der Waals surface area contributed by atoms with Gasteiger partial charge >= 0.3 is 0 Å². The lowest BCUT2D eigenvalue weighted by atomic mass is 9.80. The van der Waals surface area contributed by atoms with Crippen LogP contribution in [0.5, 0.6) is 5.75 Å². The van der Waals surface area contributed by atoms with Gasteiger partial charge in [-0.15, -0.1) is 0 Å². The van der Waals surface area contributed by atoms with Gasteiger partial charge in [0.1, 0.15) is 5.75 Å². The minimum atomic E-state index is 0.0659. The van der Waals surface area contributed by atoms with Gasteiger partial charge in [-0.25, -0.2) is 0 Å². The van der Waals surface area contributed by atoms with Gasteiger partial charge in [0, 0.05) is 17.6 Å². The Hall–Kier alpha value is -1.55. The highest BCUT2D eigenvalue weighted by molar-refractivity contribution is 5.95. The van der Waals surface area contributed by atoms with Crippen LogP contribution < -0.4 is 15.8 Å². The number of anilines is 1. The molecule has 2 rings (SSSR count). The molecular formula is C15H22N2O2. The summed E-state index contributed by atoms with van der Waals surface area (Å²) in [6, 6.07) is 2.15. The number of benzene rings is 1. The van der Waals surface area contributed by atoms with Crippen molar-refractivity contribution in [2.24, 2.45) is 11.7 Å². The molecule has 1 aromatic carbocycles. The largest absolute Gasteiger partial charge is 0.496 e. The number of hydrogen-bond donors (Lipinski definition) is 2. The average Bonchev–Trinajstić information content (AvgIpc) is 2.34. The molecule has 4 nitrogen and oxygen atoms in total. The molecule has 1 aliphatic rings. The SMILES string of the molecule is COc1cc(C)c(NC(=O)C2CC(N)C2)c(C)c1C. The van der Waals surface area contributed by atoms with Crippen molar-refractivity contribution in [1.82, 2.24) is 0 Å². The first-order valence-corrected chi connectivity index (χ1v) is 6.65. The van der Waals surface area contributed by atoms with Crippen molar-refractivity contribution in [1.29, 1.82) is 0 Å². The molecular weight excluding hydrogens is 240 g/mol. The van der Waals surface area contributed by atoms with Crippen molar-refractivity contribution in [3.63, 3.8) is 0 Å². The van der Waals surface area contributed by atoms with Crippen LogP contribution in [0.4, 0.5) is 5.69 Å². The molecule has 104 valence electrons. The second-order valence-corrected chi connectivity index (χ2v) is 5.44. The first kappa shape index (κ1) is 13.9. The summed E-state index contributed by atoms with van der Waals surface area (Å²) >= 11 is 0. The lowest BCUT2D eigenvalue weighted by Gasteiger charge is -2.31. The van der Waals surface area contributed by atoms with Gasteiger partial charge in [0.25, 0.3) is 0 Å². The van der Waals surface area contributed by atoms with Crippen LogP contribution in [-0.4, -0.2) is 19.1 Å². The Kier molecular flexibility index (Phi) is 3.80. The highest BCUT2D eigenvalue weighted by Gasteiger charge is 2.32. The number of nitrogens with one attached hydrogen (secondary N) is 1. The van der Waals surface area contributed by atoms with Gasteiger partial charge in [-0.1, -0.05) is 0 Å². The highest BCUT2D eigenvalue weighted by atomic mass is 16.5. The lowest BCUT2D eigenvalue weighted by molar-refractivity contribution is -0.122. The fourth-order valence-corrected chi connectivity index (χ4v) is 2.55. The zero-order valence-electron chi connectivity index (χ0n) is 12.0. The number of rotatable bonds is 3. The maximum absolute atomic E-state index is 12.1. The quantitative estimate of drug-likeness (QED) is 0.878. The van der Waals surface area contributed by atoms with Crippen molar-refractivity contribution >= 4 is 11.6 Å². The molecule has 1 aliphatic carbocycles. The summed E-state index contributed by atoms with van der Waals surface area (Å²) in [5.41, 5.74) is 9.78. The van der Waals surface area contributed by atoms with E-state index in [1.165, 1.54) is 0 Å². The van der Waals surface area contributed by atoms with Crippen LogP contribution >= 0.6 is 0 Å². The predicted molar refractivity (Wildman–Crippen MR) is 76.5 cm³/mol. The minimum absolute atomic E-state index is 0.0659. The van der Waals surface area contributed by atoms with E-state index in [0.29, 0.717) is 0 Å². The van der Waals surface area contributed by atoms with Gasteiger partial charge in [0.2, 0.25) is 5.91 Å². The van der Waals surface area contributed by atoms with Crippen LogP contribution in [0, 0.1) is 26.7 Å². The molecule has 0 radical (unpaired) electrons. The number of hydrogen-bond acceptors (Lipinski definition) is 3. The monoisotopic (exact) mass is 262 g/mol. The number of nitrogens with two attached hydrogens (primary N) is 1. The zero-order chi connectivity index (χ0) is 14.2. The summed E-state index contributed by atoms with van der Waals surface area (Å²) in [6.07, 6.45) is 1.58. The van der Waals surface area contributed by atoms with Gasteiger partial charge in [-0.2, -0.15) is 0 Å². The molecule has 0 aromatic heterocycles. The lowest BCUT2D eigenvalue weighted by Crippen LogP contribution is -2.42. The van der Waals surface area contributed by atoms with Crippen LogP contribution in [0.2, 0.25) is 0 Å². The molecule has 0 unspecified atom stereocenters. The topological polar surface area (TPSA) is 64.3 Å². The molecule has 4 heteroatoms. The number of methoxy groups -OCH3 is 1. The number of carbonyl (C=O) groups is 1. The van der Waals surface area contributed by atoms with Crippen LogP contribution in [0.1, 0.15) is 29.5 Å². The summed E-state index contributed by atoms with van der Waals surface area (Å²) in [5.74, 6) is 1.01. The third kappa shape index (κ3) is 2.59. The van der Waals surface area contributed by atoms with E-state index in [9.17, 15) is 4.79 Å². The van der Waals surface area contributed by atoms with Gasteiger partial charge in [-0.3, -0.25) is 4.79 Å². The van der Waals surface area contributed by atoms with E-state index in [0.717, 1.165) is 41.0 Å². The van der Waals surface area contributed by atoms with Gasteiger partial charge in [-0.05, 0) is 56.4 Å². The minimum Gasteiger partial charge on any atom is -0.496 e. The fourth-order valence-electron chi connectivity index (χ4n) is 2.55. The fraction of sp³-hybridized carbons (Fsp3) is 0.533. The summed E-state index contributed by atoms with van der Waals surface area (Å²) in [4.78, 5) is 12.1. The second-order valence-electron chi connectivity index (χ2n) is 5.44. The van der Waals surface area contributed by atoms with Crippen molar-refractivity contribution < 1.29 is 9.53 Å².